The Balaban J connectivity index is 1.72. The van der Waals surface area contributed by atoms with Crippen LogP contribution in [0.25, 0.3) is 5.76 Å². The molecule has 0 radical (unpaired) electrons. The molecule has 1 N–H and O–H groups in total. The molecule has 1 heterocycles. The van der Waals surface area contributed by atoms with E-state index in [0.717, 1.165) is 5.56 Å². The lowest BCUT2D eigenvalue weighted by Crippen LogP contribution is -2.29. The Morgan fingerprint density at radius 3 is 2.24 bits per heavy atom. The first kappa shape index (κ1) is 27.6. The number of anilines is 1. The molecule has 5 rings (SSSR count). The average molecular weight is 552 g/mol. The van der Waals surface area contributed by atoms with Crippen LogP contribution in [0, 0.1) is 5.82 Å². The number of rotatable bonds is 6. The van der Waals surface area contributed by atoms with Crippen LogP contribution in [-0.4, -0.2) is 23.9 Å². The monoisotopic (exact) mass is 551 g/mol. The van der Waals surface area contributed by atoms with Crippen molar-refractivity contribution in [2.45, 2.75) is 32.2 Å². The summed E-state index contributed by atoms with van der Waals surface area (Å²) < 4.78 is 25.9. The minimum atomic E-state index is -1.07. The van der Waals surface area contributed by atoms with Crippen LogP contribution < -0.4 is 14.4 Å². The lowest BCUT2D eigenvalue weighted by molar-refractivity contribution is -0.132. The third-order valence-corrected chi connectivity index (χ3v) is 7.00. The number of Topliss-reactive ketones (excluding diaryl/α,β-unsaturated/α-hetero) is 1. The van der Waals surface area contributed by atoms with E-state index in [1.54, 1.807) is 54.6 Å². The van der Waals surface area contributed by atoms with E-state index in [2.05, 4.69) is 0 Å². The zero-order valence-corrected chi connectivity index (χ0v) is 23.2. The fourth-order valence-electron chi connectivity index (χ4n) is 4.92. The van der Waals surface area contributed by atoms with Gasteiger partial charge in [0.2, 0.25) is 0 Å². The Morgan fingerprint density at radius 1 is 0.854 bits per heavy atom. The average Bonchev–Trinajstić information content (AvgIpc) is 3.22. The topological polar surface area (TPSA) is 76.1 Å². The molecule has 1 atom stereocenters. The second kappa shape index (κ2) is 10.9. The van der Waals surface area contributed by atoms with Crippen molar-refractivity contribution in [2.24, 2.45) is 0 Å². The van der Waals surface area contributed by atoms with Crippen LogP contribution in [0.4, 0.5) is 10.1 Å². The number of carbonyl (C=O) groups is 2. The first-order valence-corrected chi connectivity index (χ1v) is 13.2. The molecule has 1 aliphatic heterocycles. The number of ether oxygens (including phenoxy) is 2. The first-order chi connectivity index (χ1) is 19.6. The summed E-state index contributed by atoms with van der Waals surface area (Å²) in [6.07, 6.45) is 0. The Bertz CT molecular complexity index is 1660. The first-order valence-electron chi connectivity index (χ1n) is 13.2. The highest BCUT2D eigenvalue weighted by Crippen LogP contribution is 2.44. The molecule has 0 aromatic heterocycles. The highest BCUT2D eigenvalue weighted by Gasteiger charge is 2.47. The van der Waals surface area contributed by atoms with E-state index in [0.29, 0.717) is 22.8 Å². The minimum Gasteiger partial charge on any atom is -0.507 e. The van der Waals surface area contributed by atoms with Gasteiger partial charge in [-0.3, -0.25) is 14.5 Å². The zero-order chi connectivity index (χ0) is 29.3. The second-order valence-electron chi connectivity index (χ2n) is 10.8. The lowest BCUT2D eigenvalue weighted by Gasteiger charge is -2.26. The zero-order valence-electron chi connectivity index (χ0n) is 23.2. The summed E-state index contributed by atoms with van der Waals surface area (Å²) in [6.45, 7) is 6.08. The Morgan fingerprint density at radius 2 is 1.56 bits per heavy atom. The molecule has 1 aliphatic rings. The van der Waals surface area contributed by atoms with Gasteiger partial charge >= 0.3 is 0 Å². The van der Waals surface area contributed by atoms with E-state index >= 15 is 0 Å². The van der Waals surface area contributed by atoms with Crippen LogP contribution in [0.5, 0.6) is 17.2 Å². The third kappa shape index (κ3) is 5.43. The number of para-hydroxylation sites is 1. The van der Waals surface area contributed by atoms with Gasteiger partial charge in [-0.2, -0.15) is 0 Å². The number of benzene rings is 4. The summed E-state index contributed by atoms with van der Waals surface area (Å²) in [5, 5.41) is 11.8. The van der Waals surface area contributed by atoms with Gasteiger partial charge < -0.3 is 14.6 Å². The van der Waals surface area contributed by atoms with E-state index in [9.17, 15) is 19.1 Å². The van der Waals surface area contributed by atoms with Crippen LogP contribution in [0.1, 0.15) is 43.5 Å². The fraction of sp³-hybridized carbons (Fsp3) is 0.176. The number of ketones is 1. The third-order valence-electron chi connectivity index (χ3n) is 7.00. The van der Waals surface area contributed by atoms with Gasteiger partial charge in [0.1, 0.15) is 28.8 Å². The van der Waals surface area contributed by atoms with E-state index in [1.807, 2.05) is 45.0 Å². The van der Waals surface area contributed by atoms with Crippen molar-refractivity contribution in [1.82, 2.24) is 0 Å². The van der Waals surface area contributed by atoms with E-state index in [1.165, 1.54) is 30.2 Å². The van der Waals surface area contributed by atoms with Gasteiger partial charge in [-0.25, -0.2) is 4.39 Å². The standard InChI is InChI=1S/C34H30FNO5/c1-34(2,3)22-16-17-28(40-4)27(19-22)31(37)29-30(36(33(39)32(29)38)24-12-9-11-23(35)20-24)21-10-8-15-26(18-21)41-25-13-6-5-7-14-25/h5-20,30,37H,1-4H3/b31-29+. The van der Waals surface area contributed by atoms with Crippen LogP contribution >= 0.6 is 0 Å². The molecule has 41 heavy (non-hydrogen) atoms. The summed E-state index contributed by atoms with van der Waals surface area (Å²) >= 11 is 0. The molecule has 6 nitrogen and oxygen atoms in total. The smallest absolute Gasteiger partial charge is 0.300 e. The molecule has 1 unspecified atom stereocenters. The molecule has 0 spiro atoms. The van der Waals surface area contributed by atoms with Crippen molar-refractivity contribution in [3.8, 4) is 17.2 Å². The highest BCUT2D eigenvalue weighted by molar-refractivity contribution is 6.51. The number of nitrogens with zero attached hydrogens (tertiary/aromatic N) is 1. The molecule has 0 saturated carbocycles. The maximum absolute atomic E-state index is 14.3. The van der Waals surface area contributed by atoms with Crippen molar-refractivity contribution in [2.75, 3.05) is 12.0 Å². The van der Waals surface area contributed by atoms with Gasteiger partial charge in [0, 0.05) is 5.69 Å². The fourth-order valence-corrected chi connectivity index (χ4v) is 4.92. The molecule has 0 bridgehead atoms. The quantitative estimate of drug-likeness (QED) is 0.152. The summed E-state index contributed by atoms with van der Waals surface area (Å²) in [4.78, 5) is 28.4. The SMILES string of the molecule is COc1ccc(C(C)(C)C)cc1/C(O)=C1\C(=O)C(=O)N(c2cccc(F)c2)C1c1cccc(Oc2ccccc2)c1. The largest absolute Gasteiger partial charge is 0.507 e. The molecule has 1 amide bonds. The van der Waals surface area contributed by atoms with Crippen LogP contribution in [-0.2, 0) is 15.0 Å². The molecule has 1 saturated heterocycles. The number of carbonyl (C=O) groups excluding carboxylic acids is 2. The normalized spacial score (nSPS) is 16.6. The molecule has 4 aromatic carbocycles. The van der Waals surface area contributed by atoms with Crippen LogP contribution in [0.3, 0.4) is 0 Å². The molecule has 4 aromatic rings. The van der Waals surface area contributed by atoms with Crippen molar-refractivity contribution < 1.29 is 28.6 Å². The predicted octanol–water partition coefficient (Wildman–Crippen LogP) is 7.55. The number of hydrogen-bond donors (Lipinski definition) is 1. The summed E-state index contributed by atoms with van der Waals surface area (Å²) in [5.74, 6) is -1.32. The predicted molar refractivity (Wildman–Crippen MR) is 156 cm³/mol. The van der Waals surface area contributed by atoms with E-state index < -0.39 is 23.5 Å². The summed E-state index contributed by atoms with van der Waals surface area (Å²) in [5.41, 5.74) is 1.45. The van der Waals surface area contributed by atoms with Crippen molar-refractivity contribution in [3.05, 3.63) is 125 Å². The number of aliphatic hydroxyl groups is 1. The van der Waals surface area contributed by atoms with Gasteiger partial charge in [0.25, 0.3) is 11.7 Å². The maximum atomic E-state index is 14.3. The van der Waals surface area contributed by atoms with Gasteiger partial charge in [-0.05, 0) is 71.1 Å². The summed E-state index contributed by atoms with van der Waals surface area (Å²) in [6, 6.07) is 25.9. The molecule has 1 fully saturated rings. The number of aliphatic hydroxyl groups excluding tert-OH is 1. The molecular weight excluding hydrogens is 521 g/mol. The van der Waals surface area contributed by atoms with Gasteiger partial charge in [0.15, 0.2) is 0 Å². The second-order valence-corrected chi connectivity index (χ2v) is 10.8. The van der Waals surface area contributed by atoms with Crippen molar-refractivity contribution >= 4 is 23.1 Å². The molecule has 7 heteroatoms. The minimum absolute atomic E-state index is 0.138. The van der Waals surface area contributed by atoms with E-state index in [4.69, 9.17) is 9.47 Å². The molecule has 0 aliphatic carbocycles. The Labute approximate surface area is 238 Å². The highest BCUT2D eigenvalue weighted by atomic mass is 19.1. The lowest BCUT2D eigenvalue weighted by atomic mass is 9.85. The number of amides is 1. The van der Waals surface area contributed by atoms with Gasteiger partial charge in [0.05, 0.1) is 24.3 Å². The number of methoxy groups -OCH3 is 1. The maximum Gasteiger partial charge on any atom is 0.300 e. The molecule has 208 valence electrons. The van der Waals surface area contributed by atoms with Crippen molar-refractivity contribution in [3.63, 3.8) is 0 Å². The van der Waals surface area contributed by atoms with Gasteiger partial charge in [-0.15, -0.1) is 0 Å². The Kier molecular flexibility index (Phi) is 7.37. The number of halogens is 1. The van der Waals surface area contributed by atoms with Gasteiger partial charge in [-0.1, -0.05) is 63.2 Å². The summed E-state index contributed by atoms with van der Waals surface area (Å²) in [7, 11) is 1.47. The van der Waals surface area contributed by atoms with Crippen LogP contribution in [0.15, 0.2) is 103 Å². The van der Waals surface area contributed by atoms with E-state index in [-0.39, 0.29) is 28.0 Å². The Hall–Kier alpha value is -4.91. The van der Waals surface area contributed by atoms with Crippen LogP contribution in [0.2, 0.25) is 0 Å². The number of hydrogen-bond acceptors (Lipinski definition) is 5. The molecular formula is C34H30FNO5. The van der Waals surface area contributed by atoms with Crippen molar-refractivity contribution in [1.29, 1.82) is 0 Å².